The summed E-state index contributed by atoms with van der Waals surface area (Å²) in [7, 11) is 0. The van der Waals surface area contributed by atoms with Crippen LogP contribution in [0.15, 0.2) is 30.6 Å². The van der Waals surface area contributed by atoms with Crippen LogP contribution in [0.1, 0.15) is 43.7 Å². The van der Waals surface area contributed by atoms with Crippen LogP contribution in [0.25, 0.3) is 0 Å². The molecular weight excluding hydrogens is 248 g/mol. The molecule has 0 saturated carbocycles. The molecular formula is C14H17F2N3. The zero-order chi connectivity index (χ0) is 13.8. The van der Waals surface area contributed by atoms with Crippen molar-refractivity contribution in [3.8, 4) is 0 Å². The Morgan fingerprint density at radius 2 is 1.95 bits per heavy atom. The van der Waals surface area contributed by atoms with Gasteiger partial charge in [-0.1, -0.05) is 6.92 Å². The van der Waals surface area contributed by atoms with E-state index >= 15 is 0 Å². The van der Waals surface area contributed by atoms with Crippen molar-refractivity contribution in [1.29, 1.82) is 0 Å². The molecule has 0 aliphatic carbocycles. The van der Waals surface area contributed by atoms with Gasteiger partial charge in [-0.2, -0.15) is 0 Å². The average Bonchev–Trinajstić information content (AvgIpc) is 2.88. The first-order chi connectivity index (χ1) is 9.10. The number of nitrogens with zero attached hydrogens (tertiary/aromatic N) is 1. The smallest absolute Gasteiger partial charge is 0.126 e. The number of hydrogen-bond acceptors (Lipinski definition) is 2. The van der Waals surface area contributed by atoms with E-state index in [1.165, 1.54) is 12.1 Å². The second-order valence-electron chi connectivity index (χ2n) is 4.53. The normalized spacial score (nSPS) is 14.3. The largest absolute Gasteiger partial charge is 0.347 e. The summed E-state index contributed by atoms with van der Waals surface area (Å²) in [6.07, 6.45) is 4.27. The monoisotopic (exact) mass is 265 g/mol. The second kappa shape index (κ2) is 5.93. The lowest BCUT2D eigenvalue weighted by Gasteiger charge is -2.21. The Kier molecular flexibility index (Phi) is 4.27. The minimum absolute atomic E-state index is 0.0244. The van der Waals surface area contributed by atoms with E-state index in [1.54, 1.807) is 12.4 Å². The maximum atomic E-state index is 13.2. The van der Waals surface area contributed by atoms with E-state index < -0.39 is 11.6 Å². The molecule has 5 heteroatoms. The van der Waals surface area contributed by atoms with E-state index in [0.29, 0.717) is 5.56 Å². The van der Waals surface area contributed by atoms with Gasteiger partial charge in [-0.25, -0.2) is 13.8 Å². The molecule has 0 radical (unpaired) electrons. The van der Waals surface area contributed by atoms with Crippen LogP contribution in [-0.2, 0) is 0 Å². The topological polar surface area (TPSA) is 40.7 Å². The van der Waals surface area contributed by atoms with Gasteiger partial charge in [-0.15, -0.1) is 0 Å². The number of H-pyrrole nitrogens is 1. The molecule has 1 aromatic heterocycles. The Bertz CT molecular complexity index is 505. The number of aromatic amines is 1. The minimum Gasteiger partial charge on any atom is -0.347 e. The van der Waals surface area contributed by atoms with E-state index in [2.05, 4.69) is 15.3 Å². The summed E-state index contributed by atoms with van der Waals surface area (Å²) in [5, 5.41) is 3.31. The number of nitrogens with one attached hydrogen (secondary N) is 2. The summed E-state index contributed by atoms with van der Waals surface area (Å²) in [5.74, 6) is -0.296. The average molecular weight is 265 g/mol. The van der Waals surface area contributed by atoms with Gasteiger partial charge in [0, 0.05) is 24.5 Å². The van der Waals surface area contributed by atoms with E-state index in [1.807, 2.05) is 13.8 Å². The highest BCUT2D eigenvalue weighted by Crippen LogP contribution is 2.21. The third-order valence-corrected chi connectivity index (χ3v) is 3.09. The SMILES string of the molecule is CCC(NC(C)c1cc(F)cc(F)c1)c1ncc[nH]1. The van der Waals surface area contributed by atoms with Crippen molar-refractivity contribution in [2.45, 2.75) is 32.4 Å². The highest BCUT2D eigenvalue weighted by Gasteiger charge is 2.16. The highest BCUT2D eigenvalue weighted by molar-refractivity contribution is 5.21. The predicted octanol–water partition coefficient (Wildman–Crippen LogP) is 3.49. The molecule has 1 aromatic carbocycles. The molecule has 0 fully saturated rings. The van der Waals surface area contributed by atoms with Crippen LogP contribution in [0, 0.1) is 11.6 Å². The third kappa shape index (κ3) is 3.38. The molecule has 0 saturated heterocycles. The van der Waals surface area contributed by atoms with Crippen molar-refractivity contribution in [2.24, 2.45) is 0 Å². The number of hydrogen-bond donors (Lipinski definition) is 2. The van der Waals surface area contributed by atoms with E-state index in [9.17, 15) is 8.78 Å². The van der Waals surface area contributed by atoms with Gasteiger partial charge in [-0.05, 0) is 31.0 Å². The predicted molar refractivity (Wildman–Crippen MR) is 69.5 cm³/mol. The van der Waals surface area contributed by atoms with E-state index in [0.717, 1.165) is 18.3 Å². The lowest BCUT2D eigenvalue weighted by atomic mass is 10.1. The Labute approximate surface area is 111 Å². The van der Waals surface area contributed by atoms with Crippen LogP contribution in [0.3, 0.4) is 0 Å². The molecule has 2 aromatic rings. The van der Waals surface area contributed by atoms with Crippen LogP contribution in [0.4, 0.5) is 8.78 Å². The van der Waals surface area contributed by atoms with Crippen molar-refractivity contribution in [3.63, 3.8) is 0 Å². The third-order valence-electron chi connectivity index (χ3n) is 3.09. The molecule has 102 valence electrons. The minimum atomic E-state index is -0.560. The first-order valence-electron chi connectivity index (χ1n) is 6.31. The van der Waals surface area contributed by atoms with Crippen molar-refractivity contribution >= 4 is 0 Å². The molecule has 2 rings (SSSR count). The van der Waals surface area contributed by atoms with Crippen LogP contribution in [0.2, 0.25) is 0 Å². The summed E-state index contributed by atoms with van der Waals surface area (Å²) in [5.41, 5.74) is 0.586. The summed E-state index contributed by atoms with van der Waals surface area (Å²) in [6, 6.07) is 3.42. The Morgan fingerprint density at radius 3 is 2.47 bits per heavy atom. The van der Waals surface area contributed by atoms with Gasteiger partial charge in [0.25, 0.3) is 0 Å². The van der Waals surface area contributed by atoms with Crippen molar-refractivity contribution in [3.05, 3.63) is 53.6 Å². The summed E-state index contributed by atoms with van der Waals surface area (Å²) in [6.45, 7) is 3.90. The van der Waals surface area contributed by atoms with Gasteiger partial charge >= 0.3 is 0 Å². The molecule has 2 unspecified atom stereocenters. The van der Waals surface area contributed by atoms with Gasteiger partial charge in [-0.3, -0.25) is 0 Å². The Hall–Kier alpha value is -1.75. The van der Waals surface area contributed by atoms with Crippen molar-refractivity contribution in [1.82, 2.24) is 15.3 Å². The van der Waals surface area contributed by atoms with E-state index in [-0.39, 0.29) is 12.1 Å². The molecule has 1 heterocycles. The first kappa shape index (κ1) is 13.7. The lowest BCUT2D eigenvalue weighted by molar-refractivity contribution is 0.438. The molecule has 2 N–H and O–H groups in total. The second-order valence-corrected chi connectivity index (χ2v) is 4.53. The molecule has 0 aliphatic rings. The van der Waals surface area contributed by atoms with E-state index in [4.69, 9.17) is 0 Å². The standard InChI is InChI=1S/C14H17F2N3/c1-3-13(14-17-4-5-18-14)19-9(2)10-6-11(15)8-12(16)7-10/h4-9,13,19H,3H2,1-2H3,(H,17,18). The molecule has 19 heavy (non-hydrogen) atoms. The van der Waals surface area contributed by atoms with Gasteiger partial charge in [0.2, 0.25) is 0 Å². The van der Waals surface area contributed by atoms with Crippen molar-refractivity contribution < 1.29 is 8.78 Å². The number of aromatic nitrogens is 2. The van der Waals surface area contributed by atoms with Crippen LogP contribution >= 0.6 is 0 Å². The number of halogens is 2. The lowest BCUT2D eigenvalue weighted by Crippen LogP contribution is -2.25. The molecule has 0 bridgehead atoms. The summed E-state index contributed by atoms with van der Waals surface area (Å²) in [4.78, 5) is 7.25. The number of imidazole rings is 1. The molecule has 2 atom stereocenters. The number of benzene rings is 1. The van der Waals surface area contributed by atoms with Crippen molar-refractivity contribution in [2.75, 3.05) is 0 Å². The quantitative estimate of drug-likeness (QED) is 0.868. The molecule has 0 aliphatic heterocycles. The van der Waals surface area contributed by atoms with Crippen LogP contribution in [0.5, 0.6) is 0 Å². The van der Waals surface area contributed by atoms with Crippen LogP contribution < -0.4 is 5.32 Å². The first-order valence-corrected chi connectivity index (χ1v) is 6.31. The fourth-order valence-corrected chi connectivity index (χ4v) is 2.08. The number of rotatable bonds is 5. The summed E-state index contributed by atoms with van der Waals surface area (Å²) < 4.78 is 26.4. The Morgan fingerprint density at radius 1 is 1.26 bits per heavy atom. The fraction of sp³-hybridized carbons (Fsp3) is 0.357. The summed E-state index contributed by atoms with van der Waals surface area (Å²) >= 11 is 0. The molecule has 3 nitrogen and oxygen atoms in total. The fourth-order valence-electron chi connectivity index (χ4n) is 2.08. The van der Waals surface area contributed by atoms with Gasteiger partial charge < -0.3 is 10.3 Å². The molecule has 0 spiro atoms. The van der Waals surface area contributed by atoms with Gasteiger partial charge in [0.05, 0.1) is 6.04 Å². The highest BCUT2D eigenvalue weighted by atomic mass is 19.1. The van der Waals surface area contributed by atoms with Crippen LogP contribution in [-0.4, -0.2) is 9.97 Å². The van der Waals surface area contributed by atoms with Gasteiger partial charge in [0.1, 0.15) is 17.5 Å². The maximum Gasteiger partial charge on any atom is 0.126 e. The zero-order valence-electron chi connectivity index (χ0n) is 11.0. The zero-order valence-corrected chi connectivity index (χ0v) is 11.0. The maximum absolute atomic E-state index is 13.2. The molecule has 0 amide bonds. The van der Waals surface area contributed by atoms with Gasteiger partial charge in [0.15, 0.2) is 0 Å². The Balaban J connectivity index is 2.13.